The number of nitrogens with one attached hydrogen (secondary N) is 1. The summed E-state index contributed by atoms with van der Waals surface area (Å²) in [7, 11) is 0. The molecule has 0 spiro atoms. The number of hydrogen-bond acceptors (Lipinski definition) is 4. The molecule has 3 aromatic rings. The zero-order chi connectivity index (χ0) is 17.2. The lowest BCUT2D eigenvalue weighted by molar-refractivity contribution is 0.102. The number of hydrogen-bond donors (Lipinski definition) is 1. The van der Waals surface area contributed by atoms with Crippen molar-refractivity contribution in [1.29, 1.82) is 0 Å². The molecule has 126 valence electrons. The van der Waals surface area contributed by atoms with Crippen LogP contribution in [0.25, 0.3) is 10.9 Å². The Bertz CT molecular complexity index is 918. The van der Waals surface area contributed by atoms with Crippen molar-refractivity contribution in [2.45, 2.75) is 19.8 Å². The molecule has 5 heteroatoms. The Morgan fingerprint density at radius 1 is 1.16 bits per heavy atom. The fourth-order valence-electron chi connectivity index (χ4n) is 3.34. The van der Waals surface area contributed by atoms with E-state index in [0.29, 0.717) is 5.56 Å². The van der Waals surface area contributed by atoms with E-state index in [2.05, 4.69) is 26.3 Å². The summed E-state index contributed by atoms with van der Waals surface area (Å²) in [5, 5.41) is 4.06. The number of aromatic nitrogens is 2. The lowest BCUT2D eigenvalue weighted by Gasteiger charge is -2.20. The van der Waals surface area contributed by atoms with Gasteiger partial charge in [0.05, 0.1) is 11.1 Å². The van der Waals surface area contributed by atoms with Crippen molar-refractivity contribution in [3.05, 3.63) is 60.0 Å². The molecule has 25 heavy (non-hydrogen) atoms. The van der Waals surface area contributed by atoms with Crippen LogP contribution >= 0.6 is 0 Å². The van der Waals surface area contributed by atoms with Gasteiger partial charge in [-0.25, -0.2) is 0 Å². The van der Waals surface area contributed by atoms with Crippen molar-refractivity contribution in [2.24, 2.45) is 0 Å². The third kappa shape index (κ3) is 3.18. The van der Waals surface area contributed by atoms with Gasteiger partial charge in [0.15, 0.2) is 0 Å². The van der Waals surface area contributed by atoms with Gasteiger partial charge in [0.25, 0.3) is 5.91 Å². The van der Waals surface area contributed by atoms with E-state index in [1.807, 2.05) is 25.1 Å². The Morgan fingerprint density at radius 3 is 2.76 bits per heavy atom. The van der Waals surface area contributed by atoms with Crippen molar-refractivity contribution in [3.63, 3.8) is 0 Å². The number of amides is 1. The van der Waals surface area contributed by atoms with Gasteiger partial charge in [-0.15, -0.1) is 0 Å². The molecule has 1 aliphatic rings. The fourth-order valence-corrected chi connectivity index (χ4v) is 3.34. The van der Waals surface area contributed by atoms with Crippen LogP contribution in [0.4, 0.5) is 11.4 Å². The van der Waals surface area contributed by atoms with Gasteiger partial charge in [-0.2, -0.15) is 0 Å². The normalized spacial score (nSPS) is 14.0. The molecule has 1 aromatic carbocycles. The first-order valence-electron chi connectivity index (χ1n) is 8.58. The van der Waals surface area contributed by atoms with Gasteiger partial charge in [0.2, 0.25) is 0 Å². The molecular weight excluding hydrogens is 312 g/mol. The van der Waals surface area contributed by atoms with Gasteiger partial charge >= 0.3 is 0 Å². The molecule has 0 unspecified atom stereocenters. The van der Waals surface area contributed by atoms with Crippen molar-refractivity contribution in [2.75, 3.05) is 23.3 Å². The quantitative estimate of drug-likeness (QED) is 0.793. The summed E-state index contributed by atoms with van der Waals surface area (Å²) in [6.07, 6.45) is 5.69. The number of nitrogens with zero attached hydrogens (tertiary/aromatic N) is 3. The number of carbonyl (C=O) groups is 1. The lowest BCUT2D eigenvalue weighted by atomic mass is 10.1. The number of fused-ring (bicyclic) bond motifs is 1. The second-order valence-corrected chi connectivity index (χ2v) is 6.40. The van der Waals surface area contributed by atoms with Crippen LogP contribution in [0.15, 0.2) is 48.8 Å². The summed E-state index contributed by atoms with van der Waals surface area (Å²) in [6.45, 7) is 4.20. The van der Waals surface area contributed by atoms with Crippen molar-refractivity contribution >= 4 is 28.2 Å². The van der Waals surface area contributed by atoms with Gasteiger partial charge < -0.3 is 10.2 Å². The topological polar surface area (TPSA) is 58.1 Å². The highest BCUT2D eigenvalue weighted by Gasteiger charge is 2.16. The highest BCUT2D eigenvalue weighted by atomic mass is 16.1. The maximum atomic E-state index is 12.3. The van der Waals surface area contributed by atoms with E-state index in [1.165, 1.54) is 18.5 Å². The zero-order valence-corrected chi connectivity index (χ0v) is 14.2. The monoisotopic (exact) mass is 332 g/mol. The molecule has 1 aliphatic heterocycles. The largest absolute Gasteiger partial charge is 0.371 e. The first-order chi connectivity index (χ1) is 12.2. The minimum atomic E-state index is -0.167. The van der Waals surface area contributed by atoms with E-state index in [1.54, 1.807) is 24.5 Å². The number of carbonyl (C=O) groups excluding carboxylic acids is 1. The predicted molar refractivity (Wildman–Crippen MR) is 100 cm³/mol. The van der Waals surface area contributed by atoms with Crippen molar-refractivity contribution in [1.82, 2.24) is 9.97 Å². The molecule has 2 aromatic heterocycles. The smallest absolute Gasteiger partial charge is 0.257 e. The molecule has 1 N–H and O–H groups in total. The van der Waals surface area contributed by atoms with Crippen LogP contribution in [0, 0.1) is 6.92 Å². The van der Waals surface area contributed by atoms with E-state index in [0.717, 1.165) is 35.4 Å². The van der Waals surface area contributed by atoms with Gasteiger partial charge in [0.1, 0.15) is 0 Å². The van der Waals surface area contributed by atoms with Crippen LogP contribution in [0.1, 0.15) is 28.9 Å². The molecule has 0 bridgehead atoms. The Labute approximate surface area is 146 Å². The molecule has 0 saturated carbocycles. The standard InChI is InChI=1S/C20H20N4O/c1-14-11-19(24-9-2-3-10-24)17-7-6-16(12-18(17)22-14)23-20(25)15-5-4-8-21-13-15/h4-8,11-13H,2-3,9-10H2,1H3,(H,23,25). The van der Waals surface area contributed by atoms with Crippen LogP contribution in [0.3, 0.4) is 0 Å². The molecule has 1 saturated heterocycles. The lowest BCUT2D eigenvalue weighted by Crippen LogP contribution is -2.18. The molecular formula is C20H20N4O. The molecule has 3 heterocycles. The summed E-state index contributed by atoms with van der Waals surface area (Å²) in [6, 6.07) is 11.6. The highest BCUT2D eigenvalue weighted by molar-refractivity contribution is 6.05. The van der Waals surface area contributed by atoms with Gasteiger partial charge in [0, 0.05) is 47.9 Å². The van der Waals surface area contributed by atoms with Gasteiger partial charge in [-0.05, 0) is 56.2 Å². The van der Waals surface area contributed by atoms with Crippen LogP contribution in [0.2, 0.25) is 0 Å². The number of pyridine rings is 2. The maximum absolute atomic E-state index is 12.3. The SMILES string of the molecule is Cc1cc(N2CCCC2)c2ccc(NC(=O)c3cccnc3)cc2n1. The summed E-state index contributed by atoms with van der Waals surface area (Å²) >= 11 is 0. The second-order valence-electron chi connectivity index (χ2n) is 6.40. The Kier molecular flexibility index (Phi) is 4.06. The molecule has 0 radical (unpaired) electrons. The molecule has 4 rings (SSSR count). The van der Waals surface area contributed by atoms with Crippen LogP contribution < -0.4 is 10.2 Å². The van der Waals surface area contributed by atoms with Crippen LogP contribution in [0.5, 0.6) is 0 Å². The Hall–Kier alpha value is -2.95. The van der Waals surface area contributed by atoms with E-state index >= 15 is 0 Å². The molecule has 0 atom stereocenters. The minimum Gasteiger partial charge on any atom is -0.371 e. The van der Waals surface area contributed by atoms with Crippen LogP contribution in [-0.2, 0) is 0 Å². The number of anilines is 2. The third-order valence-corrected chi connectivity index (χ3v) is 4.54. The van der Waals surface area contributed by atoms with Crippen molar-refractivity contribution in [3.8, 4) is 0 Å². The van der Waals surface area contributed by atoms with E-state index in [4.69, 9.17) is 0 Å². The molecule has 0 aliphatic carbocycles. The van der Waals surface area contributed by atoms with Crippen LogP contribution in [-0.4, -0.2) is 29.0 Å². The first kappa shape index (κ1) is 15.6. The number of rotatable bonds is 3. The summed E-state index contributed by atoms with van der Waals surface area (Å²) in [4.78, 5) is 23.4. The molecule has 1 fully saturated rings. The first-order valence-corrected chi connectivity index (χ1v) is 8.58. The Morgan fingerprint density at radius 2 is 2.00 bits per heavy atom. The minimum absolute atomic E-state index is 0.167. The molecule has 5 nitrogen and oxygen atoms in total. The predicted octanol–water partition coefficient (Wildman–Crippen LogP) is 3.79. The second kappa shape index (κ2) is 6.51. The average molecular weight is 332 g/mol. The van der Waals surface area contributed by atoms with E-state index in [-0.39, 0.29) is 5.91 Å². The molecule has 1 amide bonds. The summed E-state index contributed by atoms with van der Waals surface area (Å²) < 4.78 is 0. The summed E-state index contributed by atoms with van der Waals surface area (Å²) in [5.41, 5.74) is 4.42. The third-order valence-electron chi connectivity index (χ3n) is 4.54. The average Bonchev–Trinajstić information content (AvgIpc) is 3.16. The van der Waals surface area contributed by atoms with Gasteiger partial charge in [-0.1, -0.05) is 0 Å². The van der Waals surface area contributed by atoms with E-state index < -0.39 is 0 Å². The summed E-state index contributed by atoms with van der Waals surface area (Å²) in [5.74, 6) is -0.167. The highest BCUT2D eigenvalue weighted by Crippen LogP contribution is 2.31. The number of aryl methyl sites for hydroxylation is 1. The van der Waals surface area contributed by atoms with E-state index in [9.17, 15) is 4.79 Å². The fraction of sp³-hybridized carbons (Fsp3) is 0.250. The Balaban J connectivity index is 1.67. The van der Waals surface area contributed by atoms with Crippen molar-refractivity contribution < 1.29 is 4.79 Å². The number of benzene rings is 1. The zero-order valence-electron chi connectivity index (χ0n) is 14.2. The van der Waals surface area contributed by atoms with Gasteiger partial charge in [-0.3, -0.25) is 14.8 Å². The maximum Gasteiger partial charge on any atom is 0.257 e.